The number of anilines is 1. The maximum atomic E-state index is 14.0. The van der Waals surface area contributed by atoms with Gasteiger partial charge in [-0.1, -0.05) is 0 Å². The first-order chi connectivity index (χ1) is 13.1. The number of nitrogens with zero attached hydrogens (tertiary/aromatic N) is 1. The average molecular weight is 400 g/mol. The van der Waals surface area contributed by atoms with E-state index < -0.39 is 36.3 Å². The van der Waals surface area contributed by atoms with Crippen LogP contribution in [0, 0.1) is 5.82 Å². The van der Waals surface area contributed by atoms with Gasteiger partial charge in [0, 0.05) is 18.8 Å². The molecule has 0 aliphatic rings. The standard InChI is InChI=1S/C18H16F4N2O4/c1-24(17(26)14-8-7-13(27-2)9-15(14)19)10-16(25)23-11-3-5-12(6-4-11)28-18(20,21)22/h3-9H,10H2,1-2H3,(H,23,25). The van der Waals surface area contributed by atoms with Gasteiger partial charge >= 0.3 is 6.36 Å². The molecule has 1 N–H and O–H groups in total. The summed E-state index contributed by atoms with van der Waals surface area (Å²) in [5.41, 5.74) is -0.0271. The fourth-order valence-electron chi connectivity index (χ4n) is 2.23. The van der Waals surface area contributed by atoms with E-state index >= 15 is 0 Å². The van der Waals surface area contributed by atoms with Crippen LogP contribution in [0.25, 0.3) is 0 Å². The highest BCUT2D eigenvalue weighted by atomic mass is 19.4. The maximum Gasteiger partial charge on any atom is 0.573 e. The lowest BCUT2D eigenvalue weighted by atomic mass is 10.1. The summed E-state index contributed by atoms with van der Waals surface area (Å²) >= 11 is 0. The molecule has 0 saturated heterocycles. The molecule has 0 unspecified atom stereocenters. The molecular weight excluding hydrogens is 384 g/mol. The summed E-state index contributed by atoms with van der Waals surface area (Å²) in [6, 6.07) is 8.19. The normalized spacial score (nSPS) is 10.9. The summed E-state index contributed by atoms with van der Waals surface area (Å²) in [7, 11) is 2.67. The Bertz CT molecular complexity index is 854. The van der Waals surface area contributed by atoms with E-state index in [1.165, 1.54) is 38.4 Å². The summed E-state index contributed by atoms with van der Waals surface area (Å²) in [6.07, 6.45) is -4.81. The maximum absolute atomic E-state index is 14.0. The molecule has 28 heavy (non-hydrogen) atoms. The second kappa shape index (κ2) is 8.59. The number of likely N-dealkylation sites (N-methyl/N-ethyl adjacent to an activating group) is 1. The van der Waals surface area contributed by atoms with Gasteiger partial charge in [0.2, 0.25) is 5.91 Å². The van der Waals surface area contributed by atoms with Gasteiger partial charge in [0.15, 0.2) is 0 Å². The minimum atomic E-state index is -4.81. The number of carbonyl (C=O) groups excluding carboxylic acids is 2. The van der Waals surface area contributed by atoms with E-state index in [9.17, 15) is 27.2 Å². The van der Waals surface area contributed by atoms with Gasteiger partial charge in [-0.05, 0) is 36.4 Å². The molecule has 0 bridgehead atoms. The minimum absolute atomic E-state index is 0.205. The molecule has 0 atom stereocenters. The molecule has 10 heteroatoms. The van der Waals surface area contributed by atoms with Crippen molar-refractivity contribution >= 4 is 17.5 Å². The number of nitrogens with one attached hydrogen (secondary N) is 1. The lowest BCUT2D eigenvalue weighted by Gasteiger charge is -2.17. The number of halogens is 4. The summed E-state index contributed by atoms with van der Waals surface area (Å²) in [5.74, 6) is -2.32. The van der Waals surface area contributed by atoms with Gasteiger partial charge in [-0.2, -0.15) is 0 Å². The molecule has 2 aromatic carbocycles. The van der Waals surface area contributed by atoms with E-state index in [-0.39, 0.29) is 17.0 Å². The third kappa shape index (κ3) is 5.86. The molecule has 2 rings (SSSR count). The van der Waals surface area contributed by atoms with Crippen molar-refractivity contribution < 1.29 is 36.6 Å². The van der Waals surface area contributed by atoms with E-state index in [0.717, 1.165) is 23.1 Å². The van der Waals surface area contributed by atoms with Crippen molar-refractivity contribution in [2.45, 2.75) is 6.36 Å². The zero-order valence-corrected chi connectivity index (χ0v) is 14.8. The SMILES string of the molecule is COc1ccc(C(=O)N(C)CC(=O)Nc2ccc(OC(F)(F)F)cc2)c(F)c1. The lowest BCUT2D eigenvalue weighted by molar-refractivity contribution is -0.274. The Hall–Kier alpha value is -3.30. The van der Waals surface area contributed by atoms with Crippen LogP contribution >= 0.6 is 0 Å². The largest absolute Gasteiger partial charge is 0.573 e. The van der Waals surface area contributed by atoms with Crippen LogP contribution in [0.3, 0.4) is 0 Å². The van der Waals surface area contributed by atoms with E-state index in [1.54, 1.807) is 0 Å². The molecule has 0 aromatic heterocycles. The third-order valence-corrected chi connectivity index (χ3v) is 3.51. The van der Waals surface area contributed by atoms with Crippen molar-refractivity contribution in [3.05, 3.63) is 53.8 Å². The smallest absolute Gasteiger partial charge is 0.497 e. The number of rotatable bonds is 6. The van der Waals surface area contributed by atoms with Crippen LogP contribution in [0.5, 0.6) is 11.5 Å². The Kier molecular flexibility index (Phi) is 6.45. The predicted octanol–water partition coefficient (Wildman–Crippen LogP) is 3.44. The van der Waals surface area contributed by atoms with Crippen LogP contribution in [0.15, 0.2) is 42.5 Å². The Morgan fingerprint density at radius 3 is 2.21 bits per heavy atom. The third-order valence-electron chi connectivity index (χ3n) is 3.51. The molecule has 0 spiro atoms. The lowest BCUT2D eigenvalue weighted by Crippen LogP contribution is -2.35. The second-order valence-corrected chi connectivity index (χ2v) is 5.63. The minimum Gasteiger partial charge on any atom is -0.497 e. The van der Waals surface area contributed by atoms with Crippen molar-refractivity contribution in [2.24, 2.45) is 0 Å². The summed E-state index contributed by atoms with van der Waals surface area (Å²) < 4.78 is 58.9. The van der Waals surface area contributed by atoms with Crippen molar-refractivity contribution in [1.82, 2.24) is 4.90 Å². The van der Waals surface area contributed by atoms with Crippen molar-refractivity contribution in [3.63, 3.8) is 0 Å². The second-order valence-electron chi connectivity index (χ2n) is 5.63. The van der Waals surface area contributed by atoms with Crippen molar-refractivity contribution in [1.29, 1.82) is 0 Å². The van der Waals surface area contributed by atoms with Gasteiger partial charge in [0.25, 0.3) is 5.91 Å². The zero-order valence-electron chi connectivity index (χ0n) is 14.8. The number of carbonyl (C=O) groups is 2. The molecule has 0 radical (unpaired) electrons. The fourth-order valence-corrected chi connectivity index (χ4v) is 2.23. The molecule has 0 heterocycles. The van der Waals surface area contributed by atoms with Gasteiger partial charge in [0.1, 0.15) is 17.3 Å². The van der Waals surface area contributed by atoms with Gasteiger partial charge in [-0.3, -0.25) is 9.59 Å². The van der Waals surface area contributed by atoms with Crippen LogP contribution in [0.1, 0.15) is 10.4 Å². The highest BCUT2D eigenvalue weighted by molar-refractivity contribution is 5.99. The van der Waals surface area contributed by atoms with Crippen LogP contribution in [0.2, 0.25) is 0 Å². The topological polar surface area (TPSA) is 67.9 Å². The van der Waals surface area contributed by atoms with E-state index in [0.29, 0.717) is 0 Å². The number of hydrogen-bond acceptors (Lipinski definition) is 4. The molecule has 2 aromatic rings. The Morgan fingerprint density at radius 2 is 1.68 bits per heavy atom. The molecular formula is C18H16F4N2O4. The van der Waals surface area contributed by atoms with Crippen molar-refractivity contribution in [2.75, 3.05) is 26.0 Å². The Labute approximate surface area is 157 Å². The van der Waals surface area contributed by atoms with E-state index in [1.807, 2.05) is 0 Å². The molecule has 0 aliphatic heterocycles. The molecule has 0 saturated carbocycles. The highest BCUT2D eigenvalue weighted by Gasteiger charge is 2.31. The zero-order chi connectivity index (χ0) is 20.9. The molecule has 0 fully saturated rings. The first-order valence-corrected chi connectivity index (χ1v) is 7.83. The number of ether oxygens (including phenoxy) is 2. The average Bonchev–Trinajstić information content (AvgIpc) is 2.61. The van der Waals surface area contributed by atoms with Crippen LogP contribution < -0.4 is 14.8 Å². The monoisotopic (exact) mass is 400 g/mol. The molecule has 0 aliphatic carbocycles. The van der Waals surface area contributed by atoms with Gasteiger partial charge in [-0.25, -0.2) is 4.39 Å². The summed E-state index contributed by atoms with van der Waals surface area (Å²) in [4.78, 5) is 25.3. The molecule has 150 valence electrons. The fraction of sp³-hybridized carbons (Fsp3) is 0.222. The van der Waals surface area contributed by atoms with E-state index in [4.69, 9.17) is 4.74 Å². The van der Waals surface area contributed by atoms with Crippen molar-refractivity contribution in [3.8, 4) is 11.5 Å². The Morgan fingerprint density at radius 1 is 1.07 bits per heavy atom. The summed E-state index contributed by atoms with van der Waals surface area (Å²) in [6.45, 7) is -0.398. The summed E-state index contributed by atoms with van der Waals surface area (Å²) in [5, 5.41) is 2.42. The van der Waals surface area contributed by atoms with Gasteiger partial charge in [-0.15, -0.1) is 13.2 Å². The highest BCUT2D eigenvalue weighted by Crippen LogP contribution is 2.24. The number of methoxy groups -OCH3 is 1. The molecule has 2 amide bonds. The van der Waals surface area contributed by atoms with E-state index in [2.05, 4.69) is 10.1 Å². The van der Waals surface area contributed by atoms with Crippen LogP contribution in [0.4, 0.5) is 23.2 Å². The first kappa shape index (κ1) is 21.0. The Balaban J connectivity index is 1.96. The number of alkyl halides is 3. The van der Waals surface area contributed by atoms with Crippen LogP contribution in [-0.2, 0) is 4.79 Å². The number of benzene rings is 2. The molecule has 6 nitrogen and oxygen atoms in total. The van der Waals surface area contributed by atoms with Gasteiger partial charge < -0.3 is 19.7 Å². The number of hydrogen-bond donors (Lipinski definition) is 1. The van der Waals surface area contributed by atoms with Gasteiger partial charge in [0.05, 0.1) is 19.2 Å². The predicted molar refractivity (Wildman–Crippen MR) is 91.7 cm³/mol. The van der Waals surface area contributed by atoms with Crippen LogP contribution in [-0.4, -0.2) is 43.8 Å². The first-order valence-electron chi connectivity index (χ1n) is 7.83. The quantitative estimate of drug-likeness (QED) is 0.755. The number of amides is 2.